The van der Waals surface area contributed by atoms with Crippen molar-refractivity contribution >= 4 is 43.5 Å². The number of rotatable bonds is 2. The van der Waals surface area contributed by atoms with Gasteiger partial charge in [-0.1, -0.05) is 15.9 Å². The van der Waals surface area contributed by atoms with Crippen molar-refractivity contribution in [3.63, 3.8) is 0 Å². The highest BCUT2D eigenvalue weighted by Crippen LogP contribution is 2.20. The molecule has 0 bridgehead atoms. The first-order valence-electron chi connectivity index (χ1n) is 5.22. The van der Waals surface area contributed by atoms with E-state index in [0.717, 1.165) is 8.95 Å². The highest BCUT2D eigenvalue weighted by molar-refractivity contribution is 9.10. The van der Waals surface area contributed by atoms with Crippen LogP contribution in [-0.2, 0) is 0 Å². The number of hydrogen-bond acceptors (Lipinski definition) is 3. The standard InChI is InChI=1S/C13H7Br2N3O/c14-9-1-3-11(8(5-9)6-16)18-13(19)12-4-2-10(15)7-17-12/h1-5,7H,(H,18,19). The van der Waals surface area contributed by atoms with Crippen LogP contribution in [0.4, 0.5) is 5.69 Å². The van der Waals surface area contributed by atoms with Gasteiger partial charge in [0.1, 0.15) is 11.8 Å². The van der Waals surface area contributed by atoms with E-state index >= 15 is 0 Å². The number of carbonyl (C=O) groups excluding carboxylic acids is 1. The van der Waals surface area contributed by atoms with Gasteiger partial charge in [-0.3, -0.25) is 4.79 Å². The molecule has 2 rings (SSSR count). The summed E-state index contributed by atoms with van der Waals surface area (Å²) >= 11 is 6.52. The SMILES string of the molecule is N#Cc1cc(Br)ccc1NC(=O)c1ccc(Br)cn1. The number of hydrogen-bond donors (Lipinski definition) is 1. The number of anilines is 1. The lowest BCUT2D eigenvalue weighted by Gasteiger charge is -2.06. The molecule has 1 N–H and O–H groups in total. The topological polar surface area (TPSA) is 65.8 Å². The van der Waals surface area contributed by atoms with Crippen LogP contribution in [0.25, 0.3) is 0 Å². The highest BCUT2D eigenvalue weighted by atomic mass is 79.9. The molecular formula is C13H7Br2N3O. The lowest BCUT2D eigenvalue weighted by atomic mass is 10.2. The Hall–Kier alpha value is -1.71. The van der Waals surface area contributed by atoms with Crippen molar-refractivity contribution in [1.29, 1.82) is 5.26 Å². The van der Waals surface area contributed by atoms with Gasteiger partial charge in [-0.05, 0) is 46.3 Å². The van der Waals surface area contributed by atoms with Gasteiger partial charge >= 0.3 is 0 Å². The fourth-order valence-electron chi connectivity index (χ4n) is 1.41. The number of pyridine rings is 1. The van der Waals surface area contributed by atoms with E-state index in [1.54, 1.807) is 36.5 Å². The highest BCUT2D eigenvalue weighted by Gasteiger charge is 2.10. The van der Waals surface area contributed by atoms with Gasteiger partial charge in [0.25, 0.3) is 5.91 Å². The Morgan fingerprint density at radius 2 is 1.95 bits per heavy atom. The molecule has 0 atom stereocenters. The zero-order valence-electron chi connectivity index (χ0n) is 9.52. The molecular weight excluding hydrogens is 374 g/mol. The smallest absolute Gasteiger partial charge is 0.274 e. The van der Waals surface area contributed by atoms with E-state index in [2.05, 4.69) is 42.2 Å². The fourth-order valence-corrected chi connectivity index (χ4v) is 2.01. The van der Waals surface area contributed by atoms with Gasteiger partial charge in [0.15, 0.2) is 0 Å². The maximum absolute atomic E-state index is 12.0. The Balaban J connectivity index is 2.24. The van der Waals surface area contributed by atoms with Crippen LogP contribution in [0.15, 0.2) is 45.5 Å². The summed E-state index contributed by atoms with van der Waals surface area (Å²) in [6.45, 7) is 0. The van der Waals surface area contributed by atoms with Crippen LogP contribution >= 0.6 is 31.9 Å². The van der Waals surface area contributed by atoms with Gasteiger partial charge in [-0.15, -0.1) is 0 Å². The van der Waals surface area contributed by atoms with Crippen molar-refractivity contribution < 1.29 is 4.79 Å². The lowest BCUT2D eigenvalue weighted by Crippen LogP contribution is -2.14. The summed E-state index contributed by atoms with van der Waals surface area (Å²) in [6.07, 6.45) is 1.54. The Morgan fingerprint density at radius 3 is 2.58 bits per heavy atom. The second-order valence-corrected chi connectivity index (χ2v) is 5.45. The monoisotopic (exact) mass is 379 g/mol. The Bertz CT molecular complexity index is 663. The third-order valence-corrected chi connectivity index (χ3v) is 3.27. The van der Waals surface area contributed by atoms with Crippen molar-refractivity contribution in [1.82, 2.24) is 4.98 Å². The van der Waals surface area contributed by atoms with E-state index in [4.69, 9.17) is 5.26 Å². The molecule has 4 nitrogen and oxygen atoms in total. The van der Waals surface area contributed by atoms with Crippen LogP contribution in [-0.4, -0.2) is 10.9 Å². The summed E-state index contributed by atoms with van der Waals surface area (Å²) in [6, 6.07) is 10.4. The Labute approximate surface area is 126 Å². The van der Waals surface area contributed by atoms with Crippen LogP contribution in [0.1, 0.15) is 16.1 Å². The predicted octanol–water partition coefficient (Wildman–Crippen LogP) is 3.73. The van der Waals surface area contributed by atoms with E-state index in [1.165, 1.54) is 0 Å². The molecule has 0 fully saturated rings. The minimum absolute atomic E-state index is 0.287. The van der Waals surface area contributed by atoms with Crippen LogP contribution in [0.5, 0.6) is 0 Å². The van der Waals surface area contributed by atoms with Crippen molar-refractivity contribution in [2.45, 2.75) is 0 Å². The third kappa shape index (κ3) is 3.40. The fraction of sp³-hybridized carbons (Fsp3) is 0. The summed E-state index contributed by atoms with van der Waals surface area (Å²) in [5.41, 5.74) is 1.13. The normalized spacial score (nSPS) is 9.74. The summed E-state index contributed by atoms with van der Waals surface area (Å²) < 4.78 is 1.58. The third-order valence-electron chi connectivity index (χ3n) is 2.31. The van der Waals surface area contributed by atoms with E-state index in [-0.39, 0.29) is 11.6 Å². The van der Waals surface area contributed by atoms with Crippen LogP contribution in [0, 0.1) is 11.3 Å². The molecule has 0 spiro atoms. The number of nitrogens with one attached hydrogen (secondary N) is 1. The minimum atomic E-state index is -0.355. The first-order valence-corrected chi connectivity index (χ1v) is 6.81. The molecule has 94 valence electrons. The number of nitriles is 1. The Kier molecular flexibility index (Phi) is 4.30. The zero-order valence-corrected chi connectivity index (χ0v) is 12.7. The second-order valence-electron chi connectivity index (χ2n) is 3.62. The predicted molar refractivity (Wildman–Crippen MR) is 78.7 cm³/mol. The Morgan fingerprint density at radius 1 is 1.21 bits per heavy atom. The van der Waals surface area contributed by atoms with Crippen molar-refractivity contribution in [3.8, 4) is 6.07 Å². The number of carbonyl (C=O) groups is 1. The molecule has 1 amide bonds. The summed E-state index contributed by atoms with van der Waals surface area (Å²) in [5.74, 6) is -0.355. The van der Waals surface area contributed by atoms with E-state index < -0.39 is 0 Å². The van der Waals surface area contributed by atoms with Gasteiger partial charge in [0.2, 0.25) is 0 Å². The molecule has 1 aromatic carbocycles. The first-order chi connectivity index (χ1) is 9.10. The van der Waals surface area contributed by atoms with E-state index in [9.17, 15) is 4.79 Å². The zero-order chi connectivity index (χ0) is 13.8. The molecule has 0 aliphatic rings. The molecule has 0 aliphatic heterocycles. The van der Waals surface area contributed by atoms with Gasteiger partial charge in [-0.2, -0.15) is 5.26 Å². The van der Waals surface area contributed by atoms with Crippen LogP contribution in [0.2, 0.25) is 0 Å². The number of halogens is 2. The molecule has 6 heteroatoms. The molecule has 0 radical (unpaired) electrons. The summed E-state index contributed by atoms with van der Waals surface area (Å²) in [4.78, 5) is 16.0. The molecule has 0 aliphatic carbocycles. The maximum Gasteiger partial charge on any atom is 0.274 e. The quantitative estimate of drug-likeness (QED) is 0.863. The van der Waals surface area contributed by atoms with Gasteiger partial charge in [0, 0.05) is 15.1 Å². The molecule has 0 unspecified atom stereocenters. The molecule has 0 saturated heterocycles. The maximum atomic E-state index is 12.0. The molecule has 19 heavy (non-hydrogen) atoms. The van der Waals surface area contributed by atoms with Gasteiger partial charge in [-0.25, -0.2) is 4.98 Å². The van der Waals surface area contributed by atoms with Crippen molar-refractivity contribution in [2.75, 3.05) is 5.32 Å². The minimum Gasteiger partial charge on any atom is -0.319 e. The van der Waals surface area contributed by atoms with Crippen molar-refractivity contribution in [3.05, 3.63) is 56.7 Å². The molecule has 0 saturated carbocycles. The van der Waals surface area contributed by atoms with E-state index in [0.29, 0.717) is 11.3 Å². The first kappa shape index (κ1) is 13.7. The molecule has 1 heterocycles. The van der Waals surface area contributed by atoms with Crippen LogP contribution < -0.4 is 5.32 Å². The summed E-state index contributed by atoms with van der Waals surface area (Å²) in [5, 5.41) is 11.7. The van der Waals surface area contributed by atoms with Gasteiger partial charge < -0.3 is 5.32 Å². The largest absolute Gasteiger partial charge is 0.319 e. The number of amides is 1. The summed E-state index contributed by atoms with van der Waals surface area (Å²) in [7, 11) is 0. The van der Waals surface area contributed by atoms with Crippen molar-refractivity contribution in [2.24, 2.45) is 0 Å². The second kappa shape index (κ2) is 5.95. The van der Waals surface area contributed by atoms with Gasteiger partial charge in [0.05, 0.1) is 11.3 Å². The number of nitrogens with zero attached hydrogens (tertiary/aromatic N) is 2. The lowest BCUT2D eigenvalue weighted by molar-refractivity contribution is 0.102. The average molecular weight is 381 g/mol. The molecule has 2 aromatic rings. The average Bonchev–Trinajstić information content (AvgIpc) is 2.41. The number of benzene rings is 1. The van der Waals surface area contributed by atoms with Crippen LogP contribution in [0.3, 0.4) is 0 Å². The van der Waals surface area contributed by atoms with E-state index in [1.807, 2.05) is 6.07 Å². The molecule has 1 aromatic heterocycles. The number of aromatic nitrogens is 1.